The molecule has 0 aliphatic carbocycles. The lowest BCUT2D eigenvalue weighted by Gasteiger charge is -2.27. The Hall–Kier alpha value is -0.960. The first-order valence-electron chi connectivity index (χ1n) is 5.50. The Labute approximate surface area is 119 Å². The van der Waals surface area contributed by atoms with Gasteiger partial charge in [0.2, 0.25) is 10.0 Å². The van der Waals surface area contributed by atoms with Crippen LogP contribution in [0, 0.1) is 6.92 Å². The van der Waals surface area contributed by atoms with Crippen LogP contribution in [-0.2, 0) is 14.8 Å². The third-order valence-electron chi connectivity index (χ3n) is 2.80. The van der Waals surface area contributed by atoms with Gasteiger partial charge in [0.1, 0.15) is 0 Å². The SMILES string of the molecule is Cc1cc(Br)c(S(N)(=O)=O)cc1C(=O)NC1COC1. The van der Waals surface area contributed by atoms with Crippen molar-refractivity contribution >= 4 is 31.9 Å². The molecular weight excluding hydrogens is 336 g/mol. The van der Waals surface area contributed by atoms with E-state index in [0.29, 0.717) is 28.8 Å². The molecule has 19 heavy (non-hydrogen) atoms. The second-order valence-electron chi connectivity index (χ2n) is 4.35. The number of rotatable bonds is 3. The first-order chi connectivity index (χ1) is 8.79. The van der Waals surface area contributed by atoms with Gasteiger partial charge in [-0.05, 0) is 40.5 Å². The summed E-state index contributed by atoms with van der Waals surface area (Å²) in [6.45, 7) is 2.68. The fourth-order valence-corrected chi connectivity index (χ4v) is 3.45. The molecular formula is C11H13BrN2O4S. The highest BCUT2D eigenvalue weighted by molar-refractivity contribution is 9.10. The normalized spacial score (nSPS) is 15.9. The largest absolute Gasteiger partial charge is 0.377 e. The number of primary sulfonamides is 1. The smallest absolute Gasteiger partial charge is 0.251 e. The number of nitrogens with two attached hydrogens (primary N) is 1. The molecule has 0 saturated carbocycles. The highest BCUT2D eigenvalue weighted by atomic mass is 79.9. The Bertz CT molecular complexity index is 626. The number of ether oxygens (including phenoxy) is 1. The number of carbonyl (C=O) groups excluding carboxylic acids is 1. The highest BCUT2D eigenvalue weighted by Crippen LogP contribution is 2.25. The van der Waals surface area contributed by atoms with E-state index in [2.05, 4.69) is 21.2 Å². The van der Waals surface area contributed by atoms with E-state index >= 15 is 0 Å². The van der Waals surface area contributed by atoms with Gasteiger partial charge >= 0.3 is 0 Å². The molecule has 2 rings (SSSR count). The molecule has 1 fully saturated rings. The second-order valence-corrected chi connectivity index (χ2v) is 6.73. The number of hydrogen-bond acceptors (Lipinski definition) is 4. The topological polar surface area (TPSA) is 98.5 Å². The van der Waals surface area contributed by atoms with Crippen molar-refractivity contribution in [1.29, 1.82) is 0 Å². The van der Waals surface area contributed by atoms with Crippen molar-refractivity contribution in [1.82, 2.24) is 5.32 Å². The Morgan fingerprint density at radius 1 is 1.47 bits per heavy atom. The van der Waals surface area contributed by atoms with Crippen LogP contribution in [0.3, 0.4) is 0 Å². The average molecular weight is 349 g/mol. The van der Waals surface area contributed by atoms with E-state index in [0.717, 1.165) is 0 Å². The van der Waals surface area contributed by atoms with E-state index in [9.17, 15) is 13.2 Å². The summed E-state index contributed by atoms with van der Waals surface area (Å²) in [4.78, 5) is 11.9. The van der Waals surface area contributed by atoms with Crippen molar-refractivity contribution in [2.45, 2.75) is 17.9 Å². The summed E-state index contributed by atoms with van der Waals surface area (Å²) >= 11 is 3.13. The van der Waals surface area contributed by atoms with Crippen molar-refractivity contribution in [3.05, 3.63) is 27.7 Å². The van der Waals surface area contributed by atoms with E-state index in [4.69, 9.17) is 9.88 Å². The van der Waals surface area contributed by atoms with Crippen LogP contribution in [0.15, 0.2) is 21.5 Å². The number of hydrogen-bond donors (Lipinski definition) is 2. The van der Waals surface area contributed by atoms with E-state index in [1.807, 2.05) is 0 Å². The molecule has 0 aromatic heterocycles. The number of carbonyl (C=O) groups is 1. The monoisotopic (exact) mass is 348 g/mol. The number of sulfonamides is 1. The van der Waals surface area contributed by atoms with Crippen LogP contribution in [0.5, 0.6) is 0 Å². The molecule has 0 spiro atoms. The summed E-state index contributed by atoms with van der Waals surface area (Å²) in [5.41, 5.74) is 0.955. The van der Waals surface area contributed by atoms with Crippen LogP contribution < -0.4 is 10.5 Å². The lowest BCUT2D eigenvalue weighted by Crippen LogP contribution is -2.48. The van der Waals surface area contributed by atoms with E-state index < -0.39 is 10.0 Å². The third-order valence-corrected chi connectivity index (χ3v) is 4.67. The summed E-state index contributed by atoms with van der Waals surface area (Å²) in [7, 11) is -3.88. The zero-order chi connectivity index (χ0) is 14.2. The van der Waals surface area contributed by atoms with Gasteiger partial charge in [-0.2, -0.15) is 0 Å². The lowest BCUT2D eigenvalue weighted by molar-refractivity contribution is -0.00347. The van der Waals surface area contributed by atoms with Crippen LogP contribution in [0.25, 0.3) is 0 Å². The molecule has 1 heterocycles. The van der Waals surface area contributed by atoms with Crippen LogP contribution in [0.4, 0.5) is 0 Å². The maximum Gasteiger partial charge on any atom is 0.251 e. The number of benzene rings is 1. The van der Waals surface area contributed by atoms with Gasteiger partial charge in [0.05, 0.1) is 24.2 Å². The molecule has 104 valence electrons. The third kappa shape index (κ3) is 3.14. The van der Waals surface area contributed by atoms with Crippen molar-refractivity contribution in [3.8, 4) is 0 Å². The minimum Gasteiger partial charge on any atom is -0.377 e. The molecule has 1 aromatic carbocycles. The van der Waals surface area contributed by atoms with Gasteiger partial charge in [0.15, 0.2) is 0 Å². The molecule has 0 radical (unpaired) electrons. The zero-order valence-corrected chi connectivity index (χ0v) is 12.5. The summed E-state index contributed by atoms with van der Waals surface area (Å²) in [5, 5.41) is 7.86. The van der Waals surface area contributed by atoms with E-state index in [-0.39, 0.29) is 16.8 Å². The van der Waals surface area contributed by atoms with E-state index in [1.54, 1.807) is 13.0 Å². The van der Waals surface area contributed by atoms with Gasteiger partial charge in [-0.25, -0.2) is 13.6 Å². The Morgan fingerprint density at radius 2 is 2.11 bits per heavy atom. The summed E-state index contributed by atoms with van der Waals surface area (Å²) in [6, 6.07) is 2.82. The molecule has 1 aromatic rings. The summed E-state index contributed by atoms with van der Waals surface area (Å²) < 4.78 is 28.2. The maximum atomic E-state index is 12.0. The van der Waals surface area contributed by atoms with Crippen LogP contribution >= 0.6 is 15.9 Å². The number of halogens is 1. The van der Waals surface area contributed by atoms with Crippen molar-refractivity contribution in [2.24, 2.45) is 5.14 Å². The molecule has 1 amide bonds. The number of nitrogens with one attached hydrogen (secondary N) is 1. The van der Waals surface area contributed by atoms with E-state index in [1.165, 1.54) is 6.07 Å². The standard InChI is InChI=1S/C11H13BrN2O4S/c1-6-2-9(12)10(19(13,16)17)3-8(6)11(15)14-7-4-18-5-7/h2-3,7H,4-5H2,1H3,(H,14,15)(H2,13,16,17). The summed E-state index contributed by atoms with van der Waals surface area (Å²) in [5.74, 6) is -0.330. The quantitative estimate of drug-likeness (QED) is 0.832. The second kappa shape index (κ2) is 5.20. The molecule has 0 atom stereocenters. The Morgan fingerprint density at radius 3 is 2.58 bits per heavy atom. The van der Waals surface area contributed by atoms with Crippen molar-refractivity contribution in [3.63, 3.8) is 0 Å². The fraction of sp³-hybridized carbons (Fsp3) is 0.364. The Balaban J connectivity index is 2.36. The predicted molar refractivity (Wildman–Crippen MR) is 72.3 cm³/mol. The molecule has 0 unspecified atom stereocenters. The molecule has 8 heteroatoms. The molecule has 3 N–H and O–H groups in total. The van der Waals surface area contributed by atoms with Gasteiger partial charge in [0, 0.05) is 10.0 Å². The number of amides is 1. The van der Waals surface area contributed by atoms with Gasteiger partial charge in [-0.15, -0.1) is 0 Å². The zero-order valence-electron chi connectivity index (χ0n) is 10.1. The van der Waals surface area contributed by atoms with Crippen LogP contribution in [0.2, 0.25) is 0 Å². The van der Waals surface area contributed by atoms with Gasteiger partial charge in [-0.1, -0.05) is 0 Å². The van der Waals surface area contributed by atoms with Gasteiger partial charge in [-0.3, -0.25) is 4.79 Å². The maximum absolute atomic E-state index is 12.0. The lowest BCUT2D eigenvalue weighted by atomic mass is 10.1. The molecule has 1 aliphatic rings. The first kappa shape index (κ1) is 14.4. The van der Waals surface area contributed by atoms with Gasteiger partial charge < -0.3 is 10.1 Å². The molecule has 0 bridgehead atoms. The van der Waals surface area contributed by atoms with Crippen molar-refractivity contribution in [2.75, 3.05) is 13.2 Å². The van der Waals surface area contributed by atoms with Crippen LogP contribution in [0.1, 0.15) is 15.9 Å². The highest BCUT2D eigenvalue weighted by Gasteiger charge is 2.23. The first-order valence-corrected chi connectivity index (χ1v) is 7.84. The molecule has 6 nitrogen and oxygen atoms in total. The van der Waals surface area contributed by atoms with Gasteiger partial charge in [0.25, 0.3) is 5.91 Å². The van der Waals surface area contributed by atoms with Crippen LogP contribution in [-0.4, -0.2) is 33.6 Å². The Kier molecular flexibility index (Phi) is 3.95. The minimum absolute atomic E-state index is 0.0199. The average Bonchev–Trinajstić information content (AvgIpc) is 2.21. The molecule has 1 saturated heterocycles. The fourth-order valence-electron chi connectivity index (χ4n) is 1.70. The predicted octanol–water partition coefficient (Wildman–Crippen LogP) is 0.534. The van der Waals surface area contributed by atoms with Crippen molar-refractivity contribution < 1.29 is 17.9 Å². The molecule has 1 aliphatic heterocycles. The summed E-state index contributed by atoms with van der Waals surface area (Å²) in [6.07, 6.45) is 0. The number of aryl methyl sites for hydroxylation is 1. The minimum atomic E-state index is -3.88.